The number of rotatable bonds is 5. The number of anilines is 1. The van der Waals surface area contributed by atoms with E-state index in [9.17, 15) is 18.0 Å². The third-order valence-electron chi connectivity index (χ3n) is 5.80. The minimum absolute atomic E-state index is 0.0484. The number of nitrogens with zero attached hydrogens (tertiary/aromatic N) is 4. The molecule has 3 heterocycles. The number of thioether (sulfide) groups is 1. The van der Waals surface area contributed by atoms with E-state index in [0.717, 1.165) is 36.2 Å². The van der Waals surface area contributed by atoms with E-state index in [0.29, 0.717) is 28.4 Å². The summed E-state index contributed by atoms with van der Waals surface area (Å²) in [6, 6.07) is 16.7. The van der Waals surface area contributed by atoms with Gasteiger partial charge in [0.15, 0.2) is 10.8 Å². The predicted octanol–water partition coefficient (Wildman–Crippen LogP) is 5.72. The van der Waals surface area contributed by atoms with Gasteiger partial charge in [-0.25, -0.2) is 9.97 Å². The van der Waals surface area contributed by atoms with Crippen LogP contribution in [0.4, 0.5) is 18.9 Å². The van der Waals surface area contributed by atoms with Crippen molar-refractivity contribution in [1.29, 1.82) is 0 Å². The molecule has 2 aromatic carbocycles. The maximum Gasteiger partial charge on any atom is 0.416 e. The average Bonchev–Trinajstić information content (AvgIpc) is 3.19. The number of pyridine rings is 1. The first-order valence-corrected chi connectivity index (χ1v) is 11.9. The summed E-state index contributed by atoms with van der Waals surface area (Å²) >= 11 is 1.29. The predicted molar refractivity (Wildman–Crippen MR) is 126 cm³/mol. The van der Waals surface area contributed by atoms with Gasteiger partial charge >= 0.3 is 6.18 Å². The van der Waals surface area contributed by atoms with E-state index >= 15 is 0 Å². The molecule has 9 heteroatoms. The number of alkyl halides is 3. The van der Waals surface area contributed by atoms with Crippen LogP contribution in [0, 0.1) is 0 Å². The van der Waals surface area contributed by atoms with E-state index in [-0.39, 0.29) is 18.2 Å². The number of hydrogen-bond acceptors (Lipinski definition) is 4. The molecule has 5 rings (SSSR count). The second-order valence-electron chi connectivity index (χ2n) is 8.09. The Kier molecular flexibility index (Phi) is 6.03. The number of aryl methyl sites for hydroxylation is 1. The number of benzene rings is 2. The molecule has 0 radical (unpaired) electrons. The molecule has 0 fully saturated rings. The zero-order chi connectivity index (χ0) is 23.7. The maximum atomic E-state index is 13.4. The fourth-order valence-corrected chi connectivity index (χ4v) is 5.13. The second kappa shape index (κ2) is 9.13. The number of amides is 1. The summed E-state index contributed by atoms with van der Waals surface area (Å²) in [6.45, 7) is 0.690. The number of para-hydroxylation sites is 1. The number of fused-ring (bicyclic) bond motifs is 2. The Labute approximate surface area is 198 Å². The largest absolute Gasteiger partial charge is 0.416 e. The summed E-state index contributed by atoms with van der Waals surface area (Å²) in [5.74, 6) is 0.214. The van der Waals surface area contributed by atoms with Crippen LogP contribution in [0.2, 0.25) is 0 Å². The van der Waals surface area contributed by atoms with E-state index in [2.05, 4.69) is 9.97 Å². The molecule has 34 heavy (non-hydrogen) atoms. The van der Waals surface area contributed by atoms with E-state index in [4.69, 9.17) is 0 Å². The van der Waals surface area contributed by atoms with Crippen LogP contribution in [0.1, 0.15) is 23.1 Å². The van der Waals surface area contributed by atoms with Crippen LogP contribution in [0.3, 0.4) is 0 Å². The Balaban J connectivity index is 1.42. The van der Waals surface area contributed by atoms with Crippen LogP contribution in [-0.2, 0) is 29.7 Å². The molecule has 1 amide bonds. The van der Waals surface area contributed by atoms with E-state index in [1.165, 1.54) is 17.8 Å². The van der Waals surface area contributed by atoms with Crippen LogP contribution in [0.15, 0.2) is 72.0 Å². The number of carbonyl (C=O) groups is 1. The molecule has 0 N–H and O–H groups in total. The first kappa shape index (κ1) is 22.5. The lowest BCUT2D eigenvalue weighted by molar-refractivity contribution is -0.137. The molecule has 0 saturated heterocycles. The average molecular weight is 483 g/mol. The lowest BCUT2D eigenvalue weighted by Crippen LogP contribution is -2.37. The number of imidazole rings is 1. The third-order valence-corrected chi connectivity index (χ3v) is 6.84. The molecule has 0 saturated carbocycles. The van der Waals surface area contributed by atoms with Gasteiger partial charge in [-0.05, 0) is 48.2 Å². The van der Waals surface area contributed by atoms with E-state index < -0.39 is 11.7 Å². The van der Waals surface area contributed by atoms with Gasteiger partial charge in [-0.3, -0.25) is 9.36 Å². The molecule has 0 unspecified atom stereocenters. The Morgan fingerprint density at radius 2 is 1.91 bits per heavy atom. The molecular formula is C25H21F3N4OS. The van der Waals surface area contributed by atoms with Gasteiger partial charge in [-0.15, -0.1) is 0 Å². The number of hydrogen-bond donors (Lipinski definition) is 0. The normalized spacial score (nSPS) is 13.8. The Morgan fingerprint density at radius 3 is 2.76 bits per heavy atom. The van der Waals surface area contributed by atoms with Gasteiger partial charge in [0.1, 0.15) is 12.1 Å². The zero-order valence-electron chi connectivity index (χ0n) is 18.1. The van der Waals surface area contributed by atoms with Crippen LogP contribution in [0.5, 0.6) is 0 Å². The van der Waals surface area contributed by atoms with Crippen molar-refractivity contribution >= 4 is 34.5 Å². The highest BCUT2D eigenvalue weighted by molar-refractivity contribution is 7.98. The molecule has 174 valence electrons. The van der Waals surface area contributed by atoms with E-state index in [1.807, 2.05) is 30.3 Å². The highest BCUT2D eigenvalue weighted by atomic mass is 32.2. The fraction of sp³-hybridized carbons (Fsp3) is 0.240. The van der Waals surface area contributed by atoms with Crippen LogP contribution < -0.4 is 4.90 Å². The number of aromatic nitrogens is 3. The molecular weight excluding hydrogens is 461 g/mol. The standard InChI is InChI=1S/C25H21F3N4OS/c26-25(27,28)19-9-3-6-17(14-19)16-34-24-30-20-10-4-12-29-23(20)32(24)15-22(33)31-13-5-8-18-7-1-2-11-21(18)31/h1-4,6-7,9-12,14H,5,8,13,15-16H2. The van der Waals surface area contributed by atoms with Gasteiger partial charge in [-0.2, -0.15) is 13.2 Å². The Morgan fingerprint density at radius 1 is 1.06 bits per heavy atom. The fourth-order valence-electron chi connectivity index (χ4n) is 4.19. The molecule has 2 aromatic heterocycles. The highest BCUT2D eigenvalue weighted by Crippen LogP contribution is 2.32. The summed E-state index contributed by atoms with van der Waals surface area (Å²) in [7, 11) is 0. The minimum Gasteiger partial charge on any atom is -0.311 e. The molecule has 0 atom stereocenters. The summed E-state index contributed by atoms with van der Waals surface area (Å²) in [5, 5.41) is 0.546. The monoisotopic (exact) mass is 482 g/mol. The Bertz CT molecular complexity index is 1350. The summed E-state index contributed by atoms with van der Waals surface area (Å²) in [4.78, 5) is 24.2. The minimum atomic E-state index is -4.39. The van der Waals surface area contributed by atoms with Gasteiger partial charge in [-0.1, -0.05) is 48.2 Å². The second-order valence-corrected chi connectivity index (χ2v) is 9.03. The van der Waals surface area contributed by atoms with Gasteiger partial charge in [0.2, 0.25) is 5.91 Å². The number of halogens is 3. The SMILES string of the molecule is O=C(Cn1c(SCc2cccc(C(F)(F)F)c2)nc2cccnc21)N1CCCc2ccccc21. The lowest BCUT2D eigenvalue weighted by atomic mass is 10.0. The molecule has 1 aliphatic rings. The van der Waals surface area contributed by atoms with Crippen LogP contribution >= 0.6 is 11.8 Å². The first-order valence-electron chi connectivity index (χ1n) is 10.9. The molecule has 4 aromatic rings. The molecule has 0 bridgehead atoms. The smallest absolute Gasteiger partial charge is 0.311 e. The zero-order valence-corrected chi connectivity index (χ0v) is 18.9. The summed E-state index contributed by atoms with van der Waals surface area (Å²) < 4.78 is 41.0. The summed E-state index contributed by atoms with van der Waals surface area (Å²) in [5.41, 5.74) is 3.14. The van der Waals surface area contributed by atoms with Crippen LogP contribution in [0.25, 0.3) is 11.2 Å². The van der Waals surface area contributed by atoms with Crippen molar-refractivity contribution in [3.63, 3.8) is 0 Å². The van der Waals surface area contributed by atoms with Crippen molar-refractivity contribution < 1.29 is 18.0 Å². The third kappa shape index (κ3) is 4.52. The van der Waals surface area contributed by atoms with Crippen molar-refractivity contribution in [1.82, 2.24) is 14.5 Å². The summed E-state index contributed by atoms with van der Waals surface area (Å²) in [6.07, 6.45) is -0.923. The van der Waals surface area contributed by atoms with Crippen molar-refractivity contribution in [3.05, 3.63) is 83.6 Å². The quantitative estimate of drug-likeness (QED) is 0.342. The highest BCUT2D eigenvalue weighted by Gasteiger charge is 2.30. The van der Waals surface area contributed by atoms with Gasteiger partial charge in [0.05, 0.1) is 5.56 Å². The Hall–Kier alpha value is -3.33. The van der Waals surface area contributed by atoms with Gasteiger partial charge < -0.3 is 4.90 Å². The molecule has 5 nitrogen and oxygen atoms in total. The van der Waals surface area contributed by atoms with Crippen molar-refractivity contribution in [2.45, 2.75) is 36.5 Å². The molecule has 0 aliphatic carbocycles. The molecule has 1 aliphatic heterocycles. The topological polar surface area (TPSA) is 51.0 Å². The van der Waals surface area contributed by atoms with Crippen molar-refractivity contribution in [3.8, 4) is 0 Å². The van der Waals surface area contributed by atoms with Crippen LogP contribution in [-0.4, -0.2) is 27.0 Å². The van der Waals surface area contributed by atoms with E-state index in [1.54, 1.807) is 27.8 Å². The maximum absolute atomic E-state index is 13.4. The first-order chi connectivity index (χ1) is 16.4. The molecule has 0 spiro atoms. The van der Waals surface area contributed by atoms with Gasteiger partial charge in [0.25, 0.3) is 0 Å². The van der Waals surface area contributed by atoms with Crippen molar-refractivity contribution in [2.75, 3.05) is 11.4 Å². The number of carbonyl (C=O) groups excluding carboxylic acids is 1. The lowest BCUT2D eigenvalue weighted by Gasteiger charge is -2.29. The van der Waals surface area contributed by atoms with Crippen molar-refractivity contribution in [2.24, 2.45) is 0 Å². The van der Waals surface area contributed by atoms with Gasteiger partial charge in [0, 0.05) is 24.2 Å².